The van der Waals surface area contributed by atoms with Gasteiger partial charge in [-0.2, -0.15) is 0 Å². The highest BCUT2D eigenvalue weighted by atomic mass is 32.2. The highest BCUT2D eigenvalue weighted by molar-refractivity contribution is 7.89. The summed E-state index contributed by atoms with van der Waals surface area (Å²) in [5.41, 5.74) is 3.39. The molecule has 0 radical (unpaired) electrons. The molecule has 5 nitrogen and oxygen atoms in total. The van der Waals surface area contributed by atoms with Gasteiger partial charge in [0.15, 0.2) is 0 Å². The lowest BCUT2D eigenvalue weighted by Gasteiger charge is -2.09. The van der Waals surface area contributed by atoms with Gasteiger partial charge in [-0.05, 0) is 30.7 Å². The molecule has 0 fully saturated rings. The first-order chi connectivity index (χ1) is 9.50. The first-order valence-corrected chi connectivity index (χ1v) is 7.42. The lowest BCUT2D eigenvalue weighted by molar-refractivity contribution is 0.0944. The molecular formula is C14H14N2O3S. The Morgan fingerprint density at radius 3 is 2.20 bits per heavy atom. The molecule has 2 aromatic rings. The van der Waals surface area contributed by atoms with Gasteiger partial charge in [-0.1, -0.05) is 36.4 Å². The van der Waals surface area contributed by atoms with Gasteiger partial charge >= 0.3 is 0 Å². The fourth-order valence-corrected chi connectivity index (χ4v) is 2.53. The summed E-state index contributed by atoms with van der Waals surface area (Å²) in [5, 5.41) is 0. The van der Waals surface area contributed by atoms with Crippen LogP contribution in [0.4, 0.5) is 0 Å². The lowest BCUT2D eigenvalue weighted by Crippen LogP contribution is -2.41. The summed E-state index contributed by atoms with van der Waals surface area (Å²) in [6.45, 7) is 1.78. The predicted octanol–water partition coefficient (Wildman–Crippen LogP) is 1.62. The van der Waals surface area contributed by atoms with E-state index < -0.39 is 15.9 Å². The minimum atomic E-state index is -3.76. The summed E-state index contributed by atoms with van der Waals surface area (Å²) < 4.78 is 23.9. The van der Waals surface area contributed by atoms with E-state index in [-0.39, 0.29) is 4.90 Å². The second-order valence-corrected chi connectivity index (χ2v) is 5.87. The van der Waals surface area contributed by atoms with Crippen molar-refractivity contribution in [2.24, 2.45) is 0 Å². The number of rotatable bonds is 4. The number of hydrazine groups is 1. The molecule has 0 atom stereocenters. The second kappa shape index (κ2) is 5.85. The Labute approximate surface area is 117 Å². The van der Waals surface area contributed by atoms with E-state index in [1.165, 1.54) is 12.1 Å². The number of amides is 1. The third-order valence-electron chi connectivity index (χ3n) is 2.74. The molecule has 2 rings (SSSR count). The topological polar surface area (TPSA) is 75.3 Å². The van der Waals surface area contributed by atoms with Crippen molar-refractivity contribution in [2.75, 3.05) is 0 Å². The zero-order chi connectivity index (χ0) is 14.6. The largest absolute Gasteiger partial charge is 0.273 e. The van der Waals surface area contributed by atoms with Crippen LogP contribution < -0.4 is 10.3 Å². The molecule has 0 unspecified atom stereocenters. The molecule has 0 bridgehead atoms. The van der Waals surface area contributed by atoms with Crippen molar-refractivity contribution in [3.05, 3.63) is 65.7 Å². The standard InChI is InChI=1S/C14H14N2O3S/c1-11-7-5-6-10-13(11)14(17)15-16-20(18,19)12-8-3-2-4-9-12/h2-10,16H,1H3,(H,15,17). The van der Waals surface area contributed by atoms with E-state index in [2.05, 4.69) is 10.3 Å². The normalized spacial score (nSPS) is 11.1. The Morgan fingerprint density at radius 1 is 0.950 bits per heavy atom. The Balaban J connectivity index is 2.10. The van der Waals surface area contributed by atoms with Crippen molar-refractivity contribution >= 4 is 15.9 Å². The minimum absolute atomic E-state index is 0.0880. The number of benzene rings is 2. The maximum atomic E-state index is 11.9. The van der Waals surface area contributed by atoms with Gasteiger partial charge in [0.25, 0.3) is 15.9 Å². The Hall–Kier alpha value is -2.18. The van der Waals surface area contributed by atoms with Crippen molar-refractivity contribution in [3.63, 3.8) is 0 Å². The molecule has 0 heterocycles. The maximum absolute atomic E-state index is 11.9. The molecule has 2 aromatic carbocycles. The highest BCUT2D eigenvalue weighted by Gasteiger charge is 2.15. The van der Waals surface area contributed by atoms with Gasteiger partial charge in [-0.3, -0.25) is 10.2 Å². The van der Waals surface area contributed by atoms with Crippen LogP contribution in [-0.2, 0) is 10.0 Å². The SMILES string of the molecule is Cc1ccccc1C(=O)NNS(=O)(=O)c1ccccc1. The molecule has 0 aromatic heterocycles. The van der Waals surface area contributed by atoms with E-state index in [0.717, 1.165) is 5.56 Å². The molecule has 6 heteroatoms. The molecule has 104 valence electrons. The van der Waals surface area contributed by atoms with Crippen LogP contribution in [0.3, 0.4) is 0 Å². The predicted molar refractivity (Wildman–Crippen MR) is 75.4 cm³/mol. The Kier molecular flexibility index (Phi) is 4.16. The average molecular weight is 290 g/mol. The van der Waals surface area contributed by atoms with E-state index in [0.29, 0.717) is 5.56 Å². The van der Waals surface area contributed by atoms with Crippen molar-refractivity contribution in [3.8, 4) is 0 Å². The van der Waals surface area contributed by atoms with Gasteiger partial charge in [-0.15, -0.1) is 4.83 Å². The van der Waals surface area contributed by atoms with Crippen LogP contribution in [0.15, 0.2) is 59.5 Å². The molecule has 0 aliphatic carbocycles. The summed E-state index contributed by atoms with van der Waals surface area (Å²) in [6.07, 6.45) is 0. The molecule has 0 spiro atoms. The van der Waals surface area contributed by atoms with E-state index >= 15 is 0 Å². The number of nitrogens with one attached hydrogen (secondary N) is 2. The van der Waals surface area contributed by atoms with E-state index in [1.807, 2.05) is 0 Å². The number of carbonyl (C=O) groups excluding carboxylic acids is 1. The van der Waals surface area contributed by atoms with Crippen LogP contribution in [0.25, 0.3) is 0 Å². The van der Waals surface area contributed by atoms with Gasteiger partial charge in [-0.25, -0.2) is 8.42 Å². The molecule has 1 amide bonds. The number of sulfonamides is 1. The van der Waals surface area contributed by atoms with Gasteiger partial charge in [0.1, 0.15) is 0 Å². The molecule has 20 heavy (non-hydrogen) atoms. The first-order valence-electron chi connectivity index (χ1n) is 5.93. The van der Waals surface area contributed by atoms with E-state index in [9.17, 15) is 13.2 Å². The van der Waals surface area contributed by atoms with E-state index in [1.54, 1.807) is 49.4 Å². The number of carbonyl (C=O) groups is 1. The number of hydrogen-bond acceptors (Lipinski definition) is 3. The summed E-state index contributed by atoms with van der Waals surface area (Å²) in [4.78, 5) is 14.1. The van der Waals surface area contributed by atoms with Gasteiger partial charge in [0.2, 0.25) is 0 Å². The van der Waals surface area contributed by atoms with Gasteiger partial charge in [0.05, 0.1) is 4.90 Å². The van der Waals surface area contributed by atoms with Crippen LogP contribution >= 0.6 is 0 Å². The fourth-order valence-electron chi connectivity index (χ4n) is 1.67. The Morgan fingerprint density at radius 2 is 1.55 bits per heavy atom. The number of hydrogen-bond donors (Lipinski definition) is 2. The lowest BCUT2D eigenvalue weighted by atomic mass is 10.1. The highest BCUT2D eigenvalue weighted by Crippen LogP contribution is 2.08. The molecule has 0 aliphatic rings. The van der Waals surface area contributed by atoms with Crippen molar-refractivity contribution in [1.82, 2.24) is 10.3 Å². The van der Waals surface area contributed by atoms with Crippen molar-refractivity contribution < 1.29 is 13.2 Å². The molecule has 0 aliphatic heterocycles. The molecule has 2 N–H and O–H groups in total. The Bertz CT molecular complexity index is 712. The summed E-state index contributed by atoms with van der Waals surface area (Å²) >= 11 is 0. The van der Waals surface area contributed by atoms with Crippen LogP contribution in [0.2, 0.25) is 0 Å². The van der Waals surface area contributed by atoms with Gasteiger partial charge < -0.3 is 0 Å². The monoisotopic (exact) mass is 290 g/mol. The van der Waals surface area contributed by atoms with Gasteiger partial charge in [0, 0.05) is 5.56 Å². The van der Waals surface area contributed by atoms with Crippen LogP contribution in [0.1, 0.15) is 15.9 Å². The second-order valence-electron chi connectivity index (χ2n) is 4.19. The zero-order valence-corrected chi connectivity index (χ0v) is 11.6. The third-order valence-corrected chi connectivity index (χ3v) is 4.01. The van der Waals surface area contributed by atoms with Crippen molar-refractivity contribution in [2.45, 2.75) is 11.8 Å². The van der Waals surface area contributed by atoms with Crippen LogP contribution in [0, 0.1) is 6.92 Å². The van der Waals surface area contributed by atoms with E-state index in [4.69, 9.17) is 0 Å². The van der Waals surface area contributed by atoms with Crippen molar-refractivity contribution in [1.29, 1.82) is 0 Å². The summed E-state index contributed by atoms with van der Waals surface area (Å²) in [7, 11) is -3.76. The maximum Gasteiger partial charge on any atom is 0.266 e. The minimum Gasteiger partial charge on any atom is -0.273 e. The molecule has 0 saturated carbocycles. The zero-order valence-electron chi connectivity index (χ0n) is 10.8. The smallest absolute Gasteiger partial charge is 0.266 e. The summed E-state index contributed by atoms with van der Waals surface area (Å²) in [6, 6.07) is 14.8. The molecule has 0 saturated heterocycles. The molecular weight excluding hydrogens is 276 g/mol. The number of aryl methyl sites for hydroxylation is 1. The third kappa shape index (κ3) is 3.23. The van der Waals surface area contributed by atoms with Crippen LogP contribution in [0.5, 0.6) is 0 Å². The fraction of sp³-hybridized carbons (Fsp3) is 0.0714. The quantitative estimate of drug-likeness (QED) is 0.840. The summed E-state index contributed by atoms with van der Waals surface area (Å²) in [5.74, 6) is -0.498. The average Bonchev–Trinajstić information content (AvgIpc) is 2.46. The first kappa shape index (κ1) is 14.2. The van der Waals surface area contributed by atoms with Crippen LogP contribution in [-0.4, -0.2) is 14.3 Å².